The van der Waals surface area contributed by atoms with Crippen LogP contribution in [0, 0.1) is 11.3 Å². The Morgan fingerprint density at radius 2 is 2.12 bits per heavy atom. The Morgan fingerprint density at radius 1 is 1.28 bits per heavy atom. The molecule has 4 rings (SSSR count). The van der Waals surface area contributed by atoms with Crippen LogP contribution in [-0.4, -0.2) is 17.4 Å². The predicted octanol–water partition coefficient (Wildman–Crippen LogP) is 4.60. The number of aromatic nitrogens is 1. The van der Waals surface area contributed by atoms with Crippen molar-refractivity contribution in [2.45, 2.75) is 12.8 Å². The molecule has 3 aromatic rings. The second-order valence-corrected chi connectivity index (χ2v) is 7.93. The molecule has 0 radical (unpaired) electrons. The highest BCUT2D eigenvalue weighted by atomic mass is 32.2. The summed E-state index contributed by atoms with van der Waals surface area (Å²) in [7, 11) is 0. The van der Waals surface area contributed by atoms with Gasteiger partial charge in [0.1, 0.15) is 4.01 Å². The summed E-state index contributed by atoms with van der Waals surface area (Å²) in [6.07, 6.45) is 6.51. The molecule has 25 heavy (non-hydrogen) atoms. The smallest absolute Gasteiger partial charge is 0.265 e. The van der Waals surface area contributed by atoms with E-state index in [0.29, 0.717) is 16.1 Å². The summed E-state index contributed by atoms with van der Waals surface area (Å²) in [5.74, 6) is -0.153. The molecule has 0 bridgehead atoms. The fraction of sp³-hybridized carbons (Fsp3) is 0.167. The zero-order valence-electron chi connectivity index (χ0n) is 13.2. The monoisotopic (exact) mass is 366 g/mol. The van der Waals surface area contributed by atoms with E-state index in [2.05, 4.69) is 33.5 Å². The third-order valence-corrected chi connectivity index (χ3v) is 6.20. The Hall–Kier alpha value is -2.69. The number of hydrogen-bond donors (Lipinski definition) is 1. The number of nitriles is 1. The molecule has 1 aromatic carbocycles. The number of fused-ring (bicyclic) bond motifs is 1. The van der Waals surface area contributed by atoms with Crippen molar-refractivity contribution >= 4 is 48.9 Å². The number of allylic oxidation sites excluding steroid dienone is 1. The molecule has 0 saturated carbocycles. The van der Waals surface area contributed by atoms with E-state index >= 15 is 0 Å². The van der Waals surface area contributed by atoms with E-state index in [0.717, 1.165) is 34.0 Å². The predicted molar refractivity (Wildman–Crippen MR) is 102 cm³/mol. The summed E-state index contributed by atoms with van der Waals surface area (Å²) in [5.41, 5.74) is 2.11. The standard InChI is InChI=1S/C18H14N4OS2/c19-11-12-4-6-13(7-5-12)20-16(23)15-10-14-17(24-15)25-18(21-14)22-8-2-1-3-9-22/h2,4-8,10H,1,3,9H2,(H,20,23). The SMILES string of the molecule is N#Cc1ccc(NC(=O)c2cc3nc(N4C=CCCC4)sc3s2)cc1. The maximum atomic E-state index is 12.4. The first-order valence-electron chi connectivity index (χ1n) is 7.88. The van der Waals surface area contributed by atoms with Gasteiger partial charge in [-0.05, 0) is 43.2 Å². The fourth-order valence-electron chi connectivity index (χ4n) is 2.60. The molecule has 2 aromatic heterocycles. The summed E-state index contributed by atoms with van der Waals surface area (Å²) < 4.78 is 1.05. The van der Waals surface area contributed by atoms with Crippen molar-refractivity contribution in [2.75, 3.05) is 16.8 Å². The largest absolute Gasteiger partial charge is 0.325 e. The first-order chi connectivity index (χ1) is 12.2. The van der Waals surface area contributed by atoms with Crippen molar-refractivity contribution in [3.8, 4) is 6.07 Å². The third-order valence-electron chi connectivity index (χ3n) is 3.88. The summed E-state index contributed by atoms with van der Waals surface area (Å²) in [6.45, 7) is 0.989. The van der Waals surface area contributed by atoms with E-state index in [9.17, 15) is 4.79 Å². The van der Waals surface area contributed by atoms with E-state index in [1.54, 1.807) is 35.6 Å². The van der Waals surface area contributed by atoms with Crippen LogP contribution in [-0.2, 0) is 0 Å². The number of rotatable bonds is 3. The minimum absolute atomic E-state index is 0.153. The third kappa shape index (κ3) is 3.27. The van der Waals surface area contributed by atoms with Crippen molar-refractivity contribution in [3.05, 3.63) is 53.0 Å². The first kappa shape index (κ1) is 15.8. The van der Waals surface area contributed by atoms with Crippen LogP contribution in [0.1, 0.15) is 28.1 Å². The molecule has 0 atom stereocenters. The maximum Gasteiger partial charge on any atom is 0.265 e. The average molecular weight is 366 g/mol. The van der Waals surface area contributed by atoms with Crippen LogP contribution >= 0.6 is 22.7 Å². The van der Waals surface area contributed by atoms with Gasteiger partial charge in [0.05, 0.1) is 22.0 Å². The summed E-state index contributed by atoms with van der Waals surface area (Å²) in [5, 5.41) is 12.7. The Balaban J connectivity index is 1.51. The van der Waals surface area contributed by atoms with E-state index in [1.165, 1.54) is 11.3 Å². The van der Waals surface area contributed by atoms with Gasteiger partial charge in [-0.1, -0.05) is 17.4 Å². The minimum Gasteiger partial charge on any atom is -0.325 e. The van der Waals surface area contributed by atoms with Crippen LogP contribution in [0.15, 0.2) is 42.6 Å². The second kappa shape index (κ2) is 6.67. The lowest BCUT2D eigenvalue weighted by Crippen LogP contribution is -2.19. The minimum atomic E-state index is -0.153. The van der Waals surface area contributed by atoms with Crippen LogP contribution in [0.2, 0.25) is 0 Å². The van der Waals surface area contributed by atoms with Crippen LogP contribution in [0.5, 0.6) is 0 Å². The Morgan fingerprint density at radius 3 is 2.80 bits per heavy atom. The Labute approximate surface area is 152 Å². The summed E-state index contributed by atoms with van der Waals surface area (Å²) >= 11 is 3.08. The Bertz CT molecular complexity index is 963. The van der Waals surface area contributed by atoms with Crippen LogP contribution in [0.3, 0.4) is 0 Å². The van der Waals surface area contributed by atoms with Crippen LogP contribution < -0.4 is 10.2 Å². The van der Waals surface area contributed by atoms with E-state index in [1.807, 2.05) is 6.07 Å². The maximum absolute atomic E-state index is 12.4. The molecule has 3 heterocycles. The van der Waals surface area contributed by atoms with E-state index < -0.39 is 0 Å². The molecule has 0 fully saturated rings. The van der Waals surface area contributed by atoms with Gasteiger partial charge in [0.15, 0.2) is 5.13 Å². The van der Waals surface area contributed by atoms with Crippen molar-refractivity contribution < 1.29 is 4.79 Å². The topological polar surface area (TPSA) is 69.0 Å². The normalized spacial score (nSPS) is 13.8. The lowest BCUT2D eigenvalue weighted by molar-refractivity contribution is 0.103. The second-order valence-electron chi connectivity index (χ2n) is 5.64. The average Bonchev–Trinajstić information content (AvgIpc) is 3.22. The van der Waals surface area contributed by atoms with Gasteiger partial charge in [0.25, 0.3) is 5.91 Å². The van der Waals surface area contributed by atoms with Gasteiger partial charge in [-0.2, -0.15) is 5.26 Å². The molecular formula is C18H14N4OS2. The zero-order chi connectivity index (χ0) is 17.2. The molecule has 0 spiro atoms. The van der Waals surface area contributed by atoms with Crippen LogP contribution in [0.25, 0.3) is 9.53 Å². The molecule has 1 aliphatic rings. The van der Waals surface area contributed by atoms with Gasteiger partial charge >= 0.3 is 0 Å². The van der Waals surface area contributed by atoms with Crippen LogP contribution in [0.4, 0.5) is 10.8 Å². The molecule has 0 unspecified atom stereocenters. The molecule has 0 aliphatic carbocycles. The van der Waals surface area contributed by atoms with Gasteiger partial charge < -0.3 is 10.2 Å². The van der Waals surface area contributed by atoms with Crippen molar-refractivity contribution in [3.63, 3.8) is 0 Å². The fourth-order valence-corrected chi connectivity index (χ4v) is 4.77. The number of carbonyl (C=O) groups excluding carboxylic acids is 1. The number of benzene rings is 1. The molecule has 0 saturated heterocycles. The summed E-state index contributed by atoms with van der Waals surface area (Å²) in [4.78, 5) is 19.9. The highest BCUT2D eigenvalue weighted by Gasteiger charge is 2.17. The first-order valence-corrected chi connectivity index (χ1v) is 9.51. The highest BCUT2D eigenvalue weighted by molar-refractivity contribution is 7.40. The van der Waals surface area contributed by atoms with Gasteiger partial charge in [-0.15, -0.1) is 11.3 Å². The molecule has 7 heteroatoms. The molecule has 1 N–H and O–H groups in total. The summed E-state index contributed by atoms with van der Waals surface area (Å²) in [6, 6.07) is 10.7. The van der Waals surface area contributed by atoms with Gasteiger partial charge in [0.2, 0.25) is 0 Å². The lowest BCUT2D eigenvalue weighted by Gasteiger charge is -2.19. The van der Waals surface area contributed by atoms with Crippen molar-refractivity contribution in [1.82, 2.24) is 4.98 Å². The number of amides is 1. The molecular weight excluding hydrogens is 352 g/mol. The van der Waals surface area contributed by atoms with E-state index in [-0.39, 0.29) is 5.91 Å². The number of thiazole rings is 1. The van der Waals surface area contributed by atoms with Gasteiger partial charge in [0, 0.05) is 18.4 Å². The molecule has 5 nitrogen and oxygen atoms in total. The van der Waals surface area contributed by atoms with Gasteiger partial charge in [-0.25, -0.2) is 4.98 Å². The van der Waals surface area contributed by atoms with Gasteiger partial charge in [-0.3, -0.25) is 4.79 Å². The number of anilines is 2. The lowest BCUT2D eigenvalue weighted by atomic mass is 10.2. The molecule has 1 aliphatic heterocycles. The Kier molecular flexibility index (Phi) is 4.22. The number of nitrogens with one attached hydrogen (secondary N) is 1. The zero-order valence-corrected chi connectivity index (χ0v) is 14.9. The van der Waals surface area contributed by atoms with Crippen molar-refractivity contribution in [1.29, 1.82) is 5.26 Å². The highest BCUT2D eigenvalue weighted by Crippen LogP contribution is 2.36. The van der Waals surface area contributed by atoms with Crippen molar-refractivity contribution in [2.24, 2.45) is 0 Å². The number of carbonyl (C=O) groups is 1. The number of thiophene rings is 1. The van der Waals surface area contributed by atoms with E-state index in [4.69, 9.17) is 5.26 Å². The number of nitrogens with zero attached hydrogens (tertiary/aromatic N) is 3. The number of hydrogen-bond acceptors (Lipinski definition) is 6. The molecule has 124 valence electrons. The molecule has 1 amide bonds. The quantitative estimate of drug-likeness (QED) is 0.736.